The minimum absolute atomic E-state index is 0.0958. The van der Waals surface area contributed by atoms with Crippen LogP contribution in [-0.4, -0.2) is 18.6 Å². The van der Waals surface area contributed by atoms with Gasteiger partial charge in [0.05, 0.1) is 26.5 Å². The fourth-order valence-electron chi connectivity index (χ4n) is 2.84. The number of hydrogen-bond acceptors (Lipinski definition) is 2. The molecule has 2 rings (SSSR count). The molecule has 0 heterocycles. The largest absolute Gasteiger partial charge is 0.416 e. The topological polar surface area (TPSA) is 41.1 Å². The van der Waals surface area contributed by atoms with E-state index in [2.05, 4.69) is 10.6 Å². The second-order valence-corrected chi connectivity index (χ2v) is 7.97. The molecule has 0 saturated heterocycles. The Bertz CT molecular complexity index is 956. The van der Waals surface area contributed by atoms with Gasteiger partial charge in [-0.25, -0.2) is 0 Å². The van der Waals surface area contributed by atoms with Crippen LogP contribution in [0, 0.1) is 0 Å². The molecule has 0 aliphatic carbocycles. The number of benzene rings is 2. The Balaban J connectivity index is 2.31. The molecule has 0 aliphatic rings. The third-order valence-corrected chi connectivity index (χ3v) is 5.72. The average Bonchev–Trinajstić information content (AvgIpc) is 2.68. The molecule has 1 amide bonds. The highest BCUT2D eigenvalue weighted by molar-refractivity contribution is 6.48. The van der Waals surface area contributed by atoms with Crippen LogP contribution in [0.5, 0.6) is 0 Å². The first-order valence-corrected chi connectivity index (χ1v) is 10.3. The van der Waals surface area contributed by atoms with Crippen molar-refractivity contribution in [1.29, 1.82) is 0 Å². The van der Waals surface area contributed by atoms with Gasteiger partial charge in [-0.3, -0.25) is 4.79 Å². The number of rotatable bonds is 7. The number of carbonyl (C=O) groups excluding carboxylic acids is 1. The molecule has 2 aromatic rings. The number of amides is 1. The molecule has 0 fully saturated rings. The molecule has 176 valence electrons. The maximum absolute atomic E-state index is 13.6. The molecule has 2 aromatic carbocycles. The van der Waals surface area contributed by atoms with Gasteiger partial charge >= 0.3 is 12.4 Å². The van der Waals surface area contributed by atoms with E-state index in [-0.39, 0.29) is 44.8 Å². The molecule has 0 aliphatic heterocycles. The fourth-order valence-corrected chi connectivity index (χ4v) is 3.46. The minimum Gasteiger partial charge on any atom is -0.384 e. The van der Waals surface area contributed by atoms with Gasteiger partial charge in [0.15, 0.2) is 0 Å². The number of carbonyl (C=O) groups is 1. The summed E-state index contributed by atoms with van der Waals surface area (Å²) in [4.78, 5) is 11.3. The lowest BCUT2D eigenvalue weighted by Gasteiger charge is -2.23. The van der Waals surface area contributed by atoms with Crippen molar-refractivity contribution in [3.8, 4) is 0 Å². The van der Waals surface area contributed by atoms with Crippen LogP contribution in [0.15, 0.2) is 30.3 Å². The summed E-state index contributed by atoms with van der Waals surface area (Å²) in [5.74, 6) is -2.55. The van der Waals surface area contributed by atoms with Crippen molar-refractivity contribution in [3.05, 3.63) is 62.1 Å². The van der Waals surface area contributed by atoms with Crippen LogP contribution in [0.2, 0.25) is 15.1 Å². The van der Waals surface area contributed by atoms with Crippen molar-refractivity contribution >= 4 is 46.4 Å². The van der Waals surface area contributed by atoms with E-state index in [1.807, 2.05) is 0 Å². The normalized spacial score (nSPS) is 13.1. The van der Waals surface area contributed by atoms with Crippen LogP contribution in [0.4, 0.5) is 32.0 Å². The number of nitrogens with one attached hydrogen (secondary N) is 2. The van der Waals surface area contributed by atoms with Crippen molar-refractivity contribution < 1.29 is 31.1 Å². The molecule has 0 radical (unpaired) electrons. The van der Waals surface area contributed by atoms with Crippen molar-refractivity contribution in [2.45, 2.75) is 38.2 Å². The summed E-state index contributed by atoms with van der Waals surface area (Å²) in [5.41, 5.74) is -1.75. The zero-order valence-corrected chi connectivity index (χ0v) is 18.7. The fraction of sp³-hybridized carbons (Fsp3) is 0.350. The van der Waals surface area contributed by atoms with Crippen LogP contribution in [0.1, 0.15) is 36.0 Å². The molecule has 1 unspecified atom stereocenters. The maximum Gasteiger partial charge on any atom is 0.416 e. The van der Waals surface area contributed by atoms with Crippen LogP contribution in [-0.2, 0) is 17.5 Å². The molecule has 32 heavy (non-hydrogen) atoms. The number of anilines is 1. The van der Waals surface area contributed by atoms with Crippen LogP contribution in [0.25, 0.3) is 0 Å². The van der Waals surface area contributed by atoms with Gasteiger partial charge in [-0.1, -0.05) is 47.8 Å². The number of hydrogen-bond donors (Lipinski definition) is 2. The van der Waals surface area contributed by atoms with Crippen molar-refractivity contribution in [1.82, 2.24) is 5.32 Å². The summed E-state index contributed by atoms with van der Waals surface area (Å²) in [7, 11) is 0. The van der Waals surface area contributed by atoms with E-state index in [0.717, 1.165) is 18.2 Å². The second kappa shape index (κ2) is 10.4. The van der Waals surface area contributed by atoms with Crippen LogP contribution >= 0.6 is 34.8 Å². The van der Waals surface area contributed by atoms with E-state index >= 15 is 0 Å². The quantitative estimate of drug-likeness (QED) is 0.293. The van der Waals surface area contributed by atoms with E-state index in [1.165, 1.54) is 6.07 Å². The number of alkyl halides is 6. The lowest BCUT2D eigenvalue weighted by molar-refractivity contribution is -0.147. The van der Waals surface area contributed by atoms with Gasteiger partial charge < -0.3 is 10.6 Å². The second-order valence-electron chi connectivity index (χ2n) is 6.77. The Morgan fingerprint density at radius 2 is 1.59 bits per heavy atom. The molecule has 0 bridgehead atoms. The summed E-state index contributed by atoms with van der Waals surface area (Å²) in [6.45, 7) is 0.404. The van der Waals surface area contributed by atoms with E-state index < -0.39 is 36.3 Å². The Hall–Kier alpha value is -1.84. The first-order valence-electron chi connectivity index (χ1n) is 9.15. The van der Waals surface area contributed by atoms with Crippen molar-refractivity contribution in [2.75, 3.05) is 11.9 Å². The summed E-state index contributed by atoms with van der Waals surface area (Å²) < 4.78 is 81.3. The zero-order valence-electron chi connectivity index (χ0n) is 16.4. The SMILES string of the molecule is CCC(=O)NCc1ccc(NCC(c2cc(Cl)c(Cl)c(Cl)c2)C(F)(F)F)cc1C(F)(F)F. The summed E-state index contributed by atoms with van der Waals surface area (Å²) >= 11 is 17.4. The molecule has 1 atom stereocenters. The predicted octanol–water partition coefficient (Wildman–Crippen LogP) is 7.45. The lowest BCUT2D eigenvalue weighted by Crippen LogP contribution is -2.28. The summed E-state index contributed by atoms with van der Waals surface area (Å²) in [6.07, 6.45) is -9.42. The summed E-state index contributed by atoms with van der Waals surface area (Å²) in [6, 6.07) is 5.02. The first kappa shape index (κ1) is 26.4. The molecule has 12 heteroatoms. The number of halogens is 9. The van der Waals surface area contributed by atoms with Crippen LogP contribution in [0.3, 0.4) is 0 Å². The molecule has 2 N–H and O–H groups in total. The lowest BCUT2D eigenvalue weighted by atomic mass is 9.98. The highest BCUT2D eigenvalue weighted by Crippen LogP contribution is 2.40. The molecular formula is C20H17Cl3F6N2O. The monoisotopic (exact) mass is 520 g/mol. The third kappa shape index (κ3) is 6.83. The average molecular weight is 522 g/mol. The molecule has 0 aromatic heterocycles. The molecule has 0 saturated carbocycles. The Morgan fingerprint density at radius 1 is 1.00 bits per heavy atom. The van der Waals surface area contributed by atoms with Gasteiger partial charge in [0.25, 0.3) is 0 Å². The minimum atomic E-state index is -4.77. The van der Waals surface area contributed by atoms with Crippen molar-refractivity contribution in [3.63, 3.8) is 0 Å². The smallest absolute Gasteiger partial charge is 0.384 e. The van der Waals surface area contributed by atoms with Gasteiger partial charge in [-0.05, 0) is 35.4 Å². The first-order chi connectivity index (χ1) is 14.7. The Kier molecular flexibility index (Phi) is 8.58. The summed E-state index contributed by atoms with van der Waals surface area (Å²) in [5, 5.41) is 4.27. The van der Waals surface area contributed by atoms with Gasteiger partial charge in [0.1, 0.15) is 0 Å². The molecule has 0 spiro atoms. The van der Waals surface area contributed by atoms with Gasteiger partial charge in [0.2, 0.25) is 5.91 Å². The van der Waals surface area contributed by atoms with Crippen molar-refractivity contribution in [2.24, 2.45) is 0 Å². The maximum atomic E-state index is 13.6. The van der Waals surface area contributed by atoms with Gasteiger partial charge in [0, 0.05) is 25.2 Å². The highest BCUT2D eigenvalue weighted by atomic mass is 35.5. The van der Waals surface area contributed by atoms with E-state index in [1.54, 1.807) is 6.92 Å². The Morgan fingerprint density at radius 3 is 2.09 bits per heavy atom. The van der Waals surface area contributed by atoms with Crippen LogP contribution < -0.4 is 10.6 Å². The van der Waals surface area contributed by atoms with Gasteiger partial charge in [-0.2, -0.15) is 26.3 Å². The van der Waals surface area contributed by atoms with E-state index in [4.69, 9.17) is 34.8 Å². The predicted molar refractivity (Wildman–Crippen MR) is 112 cm³/mol. The van der Waals surface area contributed by atoms with E-state index in [9.17, 15) is 31.1 Å². The van der Waals surface area contributed by atoms with Gasteiger partial charge in [-0.15, -0.1) is 0 Å². The molecular weight excluding hydrogens is 505 g/mol. The standard InChI is InChI=1S/C20H17Cl3F6N2O/c1-2-17(32)31-8-10-3-4-12(7-13(10)19(24,25)26)30-9-14(20(27,28)29)11-5-15(21)18(23)16(22)6-11/h3-7,14,30H,2,8-9H2,1H3,(H,31,32). The molecule has 3 nitrogen and oxygen atoms in total. The van der Waals surface area contributed by atoms with E-state index in [0.29, 0.717) is 6.07 Å². The zero-order chi connectivity index (χ0) is 24.3. The highest BCUT2D eigenvalue weighted by Gasteiger charge is 2.41. The third-order valence-electron chi connectivity index (χ3n) is 4.53. The Labute approximate surface area is 195 Å².